The van der Waals surface area contributed by atoms with E-state index in [0.29, 0.717) is 26.2 Å². The number of aliphatic carboxylic acids is 1. The van der Waals surface area contributed by atoms with Gasteiger partial charge in [0.1, 0.15) is 0 Å². The molecule has 0 aromatic carbocycles. The highest BCUT2D eigenvalue weighted by Gasteiger charge is 2.29. The summed E-state index contributed by atoms with van der Waals surface area (Å²) in [5.41, 5.74) is 0. The number of nitrogens with one attached hydrogen (secondary N) is 3. The van der Waals surface area contributed by atoms with Crippen LogP contribution in [0.5, 0.6) is 0 Å². The van der Waals surface area contributed by atoms with Crippen molar-refractivity contribution in [1.29, 1.82) is 0 Å². The van der Waals surface area contributed by atoms with Gasteiger partial charge >= 0.3 is 5.97 Å². The molecule has 0 aliphatic heterocycles. The molecule has 0 aliphatic carbocycles. The van der Waals surface area contributed by atoms with Crippen LogP contribution < -0.4 is 16.0 Å². The summed E-state index contributed by atoms with van der Waals surface area (Å²) in [6.07, 6.45) is -2.22. The van der Waals surface area contributed by atoms with Gasteiger partial charge in [-0.25, -0.2) is 0 Å². The minimum atomic E-state index is -1.16. The molecule has 8 N–H and O–H groups in total. The van der Waals surface area contributed by atoms with Crippen molar-refractivity contribution in [3.63, 3.8) is 0 Å². The van der Waals surface area contributed by atoms with Crippen molar-refractivity contribution in [2.75, 3.05) is 66.6 Å². The molecule has 0 saturated carbocycles. The number of rotatable bonds is 19. The van der Waals surface area contributed by atoms with E-state index in [-0.39, 0.29) is 25.3 Å². The molecule has 0 fully saturated rings. The lowest BCUT2D eigenvalue weighted by Gasteiger charge is -2.31. The Morgan fingerprint density at radius 1 is 0.818 bits per heavy atom. The van der Waals surface area contributed by atoms with Crippen LogP contribution in [0, 0.1) is 0 Å². The van der Waals surface area contributed by atoms with Crippen LogP contribution >= 0.6 is 0 Å². The zero-order valence-corrected chi connectivity index (χ0v) is 19.7. The van der Waals surface area contributed by atoms with E-state index in [0.717, 1.165) is 0 Å². The molecule has 4 unspecified atom stereocenters. The number of carbonyl (C=O) groups is 3. The van der Waals surface area contributed by atoms with E-state index in [1.165, 1.54) is 19.0 Å². The maximum absolute atomic E-state index is 12.2. The lowest BCUT2D eigenvalue weighted by Crippen LogP contribution is -2.52. The molecule has 33 heavy (non-hydrogen) atoms. The first-order valence-electron chi connectivity index (χ1n) is 11.1. The number of amides is 2. The molecule has 2 amide bonds. The fourth-order valence-corrected chi connectivity index (χ4v) is 3.47. The summed E-state index contributed by atoms with van der Waals surface area (Å²) in [6.45, 7) is 2.41. The van der Waals surface area contributed by atoms with Crippen LogP contribution in [-0.4, -0.2) is 144 Å². The molecule has 194 valence electrons. The summed E-state index contributed by atoms with van der Waals surface area (Å²) in [5.74, 6) is -1.86. The van der Waals surface area contributed by atoms with Crippen molar-refractivity contribution in [2.24, 2.45) is 0 Å². The summed E-state index contributed by atoms with van der Waals surface area (Å²) in [4.78, 5) is 39.0. The Morgan fingerprint density at radius 2 is 1.24 bits per heavy atom. The predicted molar refractivity (Wildman–Crippen MR) is 120 cm³/mol. The first kappa shape index (κ1) is 31.1. The third kappa shape index (κ3) is 12.2. The number of carboxylic acid groups (broad SMARTS) is 1. The molecule has 4 atom stereocenters. The highest BCUT2D eigenvalue weighted by atomic mass is 16.4. The maximum atomic E-state index is 12.2. The second-order valence-corrected chi connectivity index (χ2v) is 7.65. The summed E-state index contributed by atoms with van der Waals surface area (Å²) in [7, 11) is 2.91. The van der Waals surface area contributed by atoms with Gasteiger partial charge in [0.2, 0.25) is 11.8 Å². The van der Waals surface area contributed by atoms with Crippen LogP contribution in [0.4, 0.5) is 0 Å². The number of hydrogen-bond acceptors (Lipinski definition) is 10. The number of aliphatic hydroxyl groups is 4. The normalized spacial score (nSPS) is 15.2. The Bertz CT molecular complexity index is 583. The zero-order chi connectivity index (χ0) is 25.4. The lowest BCUT2D eigenvalue weighted by molar-refractivity contribution is -0.140. The summed E-state index contributed by atoms with van der Waals surface area (Å²) in [6, 6.07) is -1.55. The van der Waals surface area contributed by atoms with E-state index in [2.05, 4.69) is 16.0 Å². The van der Waals surface area contributed by atoms with Crippen LogP contribution in [0.25, 0.3) is 0 Å². The predicted octanol–water partition coefficient (Wildman–Crippen LogP) is -4.00. The van der Waals surface area contributed by atoms with Crippen LogP contribution in [0.15, 0.2) is 0 Å². The summed E-state index contributed by atoms with van der Waals surface area (Å²) >= 11 is 0. The third-order valence-electron chi connectivity index (χ3n) is 5.29. The molecule has 0 radical (unpaired) electrons. The highest BCUT2D eigenvalue weighted by Crippen LogP contribution is 2.09. The van der Waals surface area contributed by atoms with E-state index in [4.69, 9.17) is 10.2 Å². The second kappa shape index (κ2) is 17.6. The SMILES string of the molecule is CCN(CCNCCN(CC(=O)O)C(CC(O)CO)C(=O)NC)C(CC(O)CO)C(=O)NC. The zero-order valence-electron chi connectivity index (χ0n) is 19.7. The molecule has 0 heterocycles. The average Bonchev–Trinajstić information content (AvgIpc) is 2.81. The van der Waals surface area contributed by atoms with Gasteiger partial charge in [-0.3, -0.25) is 24.2 Å². The van der Waals surface area contributed by atoms with Crippen molar-refractivity contribution >= 4 is 17.8 Å². The highest BCUT2D eigenvalue weighted by molar-refractivity contribution is 5.82. The van der Waals surface area contributed by atoms with E-state index in [9.17, 15) is 29.7 Å². The van der Waals surface area contributed by atoms with Crippen molar-refractivity contribution in [2.45, 2.75) is 44.1 Å². The molecule has 0 bridgehead atoms. The Morgan fingerprint density at radius 3 is 1.61 bits per heavy atom. The van der Waals surface area contributed by atoms with E-state index in [1.807, 2.05) is 11.8 Å². The van der Waals surface area contributed by atoms with E-state index >= 15 is 0 Å². The van der Waals surface area contributed by atoms with Crippen LogP contribution in [0.1, 0.15) is 19.8 Å². The van der Waals surface area contributed by atoms with Gasteiger partial charge in [0, 0.05) is 53.1 Å². The van der Waals surface area contributed by atoms with E-state index in [1.54, 1.807) is 0 Å². The first-order chi connectivity index (χ1) is 15.6. The minimum Gasteiger partial charge on any atom is -0.480 e. The first-order valence-corrected chi connectivity index (χ1v) is 11.1. The second-order valence-electron chi connectivity index (χ2n) is 7.65. The van der Waals surface area contributed by atoms with Crippen molar-refractivity contribution in [1.82, 2.24) is 25.8 Å². The Hall–Kier alpha value is -1.87. The van der Waals surface area contributed by atoms with Crippen LogP contribution in [-0.2, 0) is 14.4 Å². The molecule has 0 aromatic heterocycles. The number of hydrogen-bond donors (Lipinski definition) is 8. The number of carboxylic acids is 1. The largest absolute Gasteiger partial charge is 0.480 e. The number of nitrogens with zero attached hydrogens (tertiary/aromatic N) is 2. The fourth-order valence-electron chi connectivity index (χ4n) is 3.47. The monoisotopic (exact) mass is 479 g/mol. The Balaban J connectivity index is 4.98. The van der Waals surface area contributed by atoms with Gasteiger partial charge in [-0.2, -0.15) is 0 Å². The van der Waals surface area contributed by atoms with Gasteiger partial charge in [-0.1, -0.05) is 6.92 Å². The van der Waals surface area contributed by atoms with Gasteiger partial charge in [-0.05, 0) is 6.54 Å². The lowest BCUT2D eigenvalue weighted by atomic mass is 10.1. The molecule has 0 spiro atoms. The summed E-state index contributed by atoms with van der Waals surface area (Å²) < 4.78 is 0. The fraction of sp³-hybridized carbons (Fsp3) is 0.850. The van der Waals surface area contributed by atoms with Crippen molar-refractivity contribution in [3.8, 4) is 0 Å². The third-order valence-corrected chi connectivity index (χ3v) is 5.29. The van der Waals surface area contributed by atoms with Gasteiger partial charge in [0.05, 0.1) is 44.1 Å². The molecule has 13 heteroatoms. The molecule has 13 nitrogen and oxygen atoms in total. The Kier molecular flexibility index (Phi) is 16.6. The molecule has 0 aromatic rings. The standard InChI is InChI=1S/C20H41N5O8/c1-4-24(16(19(32)21-2)9-14(28)12-26)7-5-23-6-8-25(11-18(30)31)17(20(33)22-3)10-15(29)13-27/h14-17,23,26-29H,4-13H2,1-3H3,(H,21,32)(H,22,33)(H,30,31). The maximum Gasteiger partial charge on any atom is 0.317 e. The minimum absolute atomic E-state index is 0.0807. The van der Waals surface area contributed by atoms with Gasteiger partial charge in [0.15, 0.2) is 0 Å². The molecule has 0 rings (SSSR count). The van der Waals surface area contributed by atoms with E-state index < -0.39 is 55.9 Å². The van der Waals surface area contributed by atoms with Crippen LogP contribution in [0.2, 0.25) is 0 Å². The van der Waals surface area contributed by atoms with Gasteiger partial charge < -0.3 is 41.5 Å². The number of aliphatic hydroxyl groups excluding tert-OH is 4. The molecular formula is C20H41N5O8. The van der Waals surface area contributed by atoms with Gasteiger partial charge in [-0.15, -0.1) is 0 Å². The molecule has 0 saturated heterocycles. The topological polar surface area (TPSA) is 195 Å². The smallest absolute Gasteiger partial charge is 0.317 e. The number of carbonyl (C=O) groups excluding carboxylic acids is 2. The van der Waals surface area contributed by atoms with Gasteiger partial charge in [0.25, 0.3) is 0 Å². The van der Waals surface area contributed by atoms with Crippen LogP contribution in [0.3, 0.4) is 0 Å². The van der Waals surface area contributed by atoms with Crippen molar-refractivity contribution in [3.05, 3.63) is 0 Å². The molecule has 0 aliphatic rings. The number of likely N-dealkylation sites (N-methyl/N-ethyl adjacent to an activating group) is 3. The molecular weight excluding hydrogens is 438 g/mol. The quantitative estimate of drug-likeness (QED) is 0.0841. The summed E-state index contributed by atoms with van der Waals surface area (Å²) in [5, 5.41) is 55.1. The average molecular weight is 480 g/mol. The van der Waals surface area contributed by atoms with Crippen molar-refractivity contribution < 1.29 is 39.9 Å². The Labute approximate surface area is 194 Å².